The van der Waals surface area contributed by atoms with Crippen LogP contribution in [-0.4, -0.2) is 33.5 Å². The van der Waals surface area contributed by atoms with Gasteiger partial charge in [-0.25, -0.2) is 8.78 Å². The summed E-state index contributed by atoms with van der Waals surface area (Å²) in [5, 5.41) is 11.0. The van der Waals surface area contributed by atoms with Crippen molar-refractivity contribution in [2.75, 3.05) is 18.2 Å². The zero-order valence-corrected chi connectivity index (χ0v) is 17.4. The molecule has 3 rings (SSSR count). The number of hydrogen-bond acceptors (Lipinski definition) is 6. The van der Waals surface area contributed by atoms with Gasteiger partial charge in [0.2, 0.25) is 5.91 Å². The number of amides is 1. The van der Waals surface area contributed by atoms with Gasteiger partial charge < -0.3 is 19.4 Å². The summed E-state index contributed by atoms with van der Waals surface area (Å²) in [6, 6.07) is 10.1. The van der Waals surface area contributed by atoms with Crippen LogP contribution in [0.2, 0.25) is 0 Å². The van der Waals surface area contributed by atoms with E-state index in [1.807, 2.05) is 19.1 Å². The molecule has 7 nitrogen and oxygen atoms in total. The highest BCUT2D eigenvalue weighted by molar-refractivity contribution is 7.99. The highest BCUT2D eigenvalue weighted by Gasteiger charge is 2.18. The Morgan fingerprint density at radius 1 is 1.20 bits per heavy atom. The van der Waals surface area contributed by atoms with Gasteiger partial charge in [-0.2, -0.15) is 0 Å². The number of methoxy groups -OCH3 is 1. The van der Waals surface area contributed by atoms with Gasteiger partial charge in [0.25, 0.3) is 0 Å². The lowest BCUT2D eigenvalue weighted by molar-refractivity contribution is -0.113. The van der Waals surface area contributed by atoms with E-state index in [2.05, 4.69) is 15.5 Å². The summed E-state index contributed by atoms with van der Waals surface area (Å²) in [5.41, 5.74) is -0.209. The number of aromatic nitrogens is 3. The van der Waals surface area contributed by atoms with E-state index >= 15 is 0 Å². The first-order chi connectivity index (χ1) is 14.4. The predicted octanol–water partition coefficient (Wildman–Crippen LogP) is 3.97. The molecule has 1 amide bonds. The Morgan fingerprint density at radius 3 is 2.73 bits per heavy atom. The predicted molar refractivity (Wildman–Crippen MR) is 109 cm³/mol. The highest BCUT2D eigenvalue weighted by atomic mass is 32.2. The van der Waals surface area contributed by atoms with Crippen LogP contribution in [0.25, 0.3) is 0 Å². The van der Waals surface area contributed by atoms with Crippen LogP contribution in [0.1, 0.15) is 18.9 Å². The zero-order chi connectivity index (χ0) is 21.7. The molecule has 3 aromatic rings. The summed E-state index contributed by atoms with van der Waals surface area (Å²) in [6.07, 6.45) is -0.404. The van der Waals surface area contributed by atoms with E-state index < -0.39 is 23.6 Å². The first-order valence-corrected chi connectivity index (χ1v) is 9.93. The van der Waals surface area contributed by atoms with Crippen molar-refractivity contribution in [3.8, 4) is 11.5 Å². The molecule has 0 aliphatic heterocycles. The molecule has 1 N–H and O–H groups in total. The minimum Gasteiger partial charge on any atom is -0.497 e. The monoisotopic (exact) mass is 434 g/mol. The molecule has 1 unspecified atom stereocenters. The van der Waals surface area contributed by atoms with Crippen molar-refractivity contribution in [3.05, 3.63) is 59.9 Å². The van der Waals surface area contributed by atoms with Crippen molar-refractivity contribution in [3.63, 3.8) is 0 Å². The van der Waals surface area contributed by atoms with E-state index in [0.717, 1.165) is 30.0 Å². The summed E-state index contributed by atoms with van der Waals surface area (Å²) < 4.78 is 39.6. The first-order valence-electron chi connectivity index (χ1n) is 8.95. The largest absolute Gasteiger partial charge is 0.497 e. The molecular weight excluding hydrogens is 414 g/mol. The topological polar surface area (TPSA) is 78.3 Å². The Bertz CT molecular complexity index is 1040. The van der Waals surface area contributed by atoms with Crippen LogP contribution in [0, 0.1) is 11.6 Å². The SMILES string of the molecule is COc1cccc(OC(C)c2nnc(SCC(=O)Nc3cc(F)ccc3F)n2C)c1. The molecule has 0 saturated heterocycles. The molecule has 1 heterocycles. The quantitative estimate of drug-likeness (QED) is 0.541. The molecule has 0 spiro atoms. The lowest BCUT2D eigenvalue weighted by Crippen LogP contribution is -2.16. The van der Waals surface area contributed by atoms with E-state index in [9.17, 15) is 13.6 Å². The molecule has 2 aromatic carbocycles. The number of nitrogens with zero attached hydrogens (tertiary/aromatic N) is 3. The van der Waals surface area contributed by atoms with Crippen molar-refractivity contribution in [2.45, 2.75) is 18.2 Å². The number of ether oxygens (including phenoxy) is 2. The molecule has 0 radical (unpaired) electrons. The second kappa shape index (κ2) is 9.57. The van der Waals surface area contributed by atoms with Gasteiger partial charge >= 0.3 is 0 Å². The van der Waals surface area contributed by atoms with Crippen LogP contribution in [0.4, 0.5) is 14.5 Å². The maximum Gasteiger partial charge on any atom is 0.234 e. The number of hydrogen-bond donors (Lipinski definition) is 1. The lowest BCUT2D eigenvalue weighted by atomic mass is 10.3. The van der Waals surface area contributed by atoms with Gasteiger partial charge in [0.15, 0.2) is 17.1 Å². The fourth-order valence-electron chi connectivity index (χ4n) is 2.65. The fourth-order valence-corrected chi connectivity index (χ4v) is 3.36. The maximum absolute atomic E-state index is 13.6. The van der Waals surface area contributed by atoms with Gasteiger partial charge in [-0.05, 0) is 31.2 Å². The molecule has 1 aromatic heterocycles. The van der Waals surface area contributed by atoms with Crippen LogP contribution < -0.4 is 14.8 Å². The Labute approximate surface area is 176 Å². The average Bonchev–Trinajstić information content (AvgIpc) is 3.10. The molecule has 10 heteroatoms. The third kappa shape index (κ3) is 5.26. The minimum absolute atomic E-state index is 0.0486. The van der Waals surface area contributed by atoms with Crippen molar-refractivity contribution in [1.82, 2.24) is 14.8 Å². The van der Waals surface area contributed by atoms with Crippen LogP contribution in [0.15, 0.2) is 47.6 Å². The molecule has 0 aliphatic carbocycles. The number of nitrogens with one attached hydrogen (secondary N) is 1. The summed E-state index contributed by atoms with van der Waals surface area (Å²) in [5.74, 6) is -0.0223. The fraction of sp³-hybridized carbons (Fsp3) is 0.250. The van der Waals surface area contributed by atoms with Crippen molar-refractivity contribution >= 4 is 23.4 Å². The number of benzene rings is 2. The van der Waals surface area contributed by atoms with Crippen LogP contribution in [-0.2, 0) is 11.8 Å². The summed E-state index contributed by atoms with van der Waals surface area (Å²) >= 11 is 1.12. The third-order valence-electron chi connectivity index (χ3n) is 4.12. The molecule has 158 valence electrons. The average molecular weight is 434 g/mol. The number of carbonyl (C=O) groups is 1. The number of halogens is 2. The van der Waals surface area contributed by atoms with Gasteiger partial charge in [0.1, 0.15) is 23.1 Å². The molecule has 30 heavy (non-hydrogen) atoms. The van der Waals surface area contributed by atoms with Crippen molar-refractivity contribution in [1.29, 1.82) is 0 Å². The Hall–Kier alpha value is -3.14. The highest BCUT2D eigenvalue weighted by Crippen LogP contribution is 2.26. The normalized spacial score (nSPS) is 11.8. The van der Waals surface area contributed by atoms with Gasteiger partial charge in [0.05, 0.1) is 18.6 Å². The minimum atomic E-state index is -0.709. The number of anilines is 1. The van der Waals surface area contributed by atoms with Gasteiger partial charge in [-0.3, -0.25) is 4.79 Å². The smallest absolute Gasteiger partial charge is 0.234 e. The molecule has 0 bridgehead atoms. The van der Waals surface area contributed by atoms with E-state index in [1.54, 1.807) is 30.9 Å². The van der Waals surface area contributed by atoms with Crippen LogP contribution >= 0.6 is 11.8 Å². The van der Waals surface area contributed by atoms with Crippen LogP contribution in [0.3, 0.4) is 0 Å². The van der Waals surface area contributed by atoms with E-state index in [1.165, 1.54) is 0 Å². The zero-order valence-electron chi connectivity index (χ0n) is 16.6. The van der Waals surface area contributed by atoms with Crippen molar-refractivity contribution < 1.29 is 23.0 Å². The molecule has 0 aliphatic rings. The van der Waals surface area contributed by atoms with Crippen LogP contribution in [0.5, 0.6) is 11.5 Å². The van der Waals surface area contributed by atoms with E-state index in [-0.39, 0.29) is 11.4 Å². The lowest BCUT2D eigenvalue weighted by Gasteiger charge is -2.14. The second-order valence-electron chi connectivity index (χ2n) is 6.30. The Morgan fingerprint density at radius 2 is 1.97 bits per heavy atom. The Balaban J connectivity index is 1.60. The van der Waals surface area contributed by atoms with E-state index in [0.29, 0.717) is 22.5 Å². The number of thioether (sulfide) groups is 1. The van der Waals surface area contributed by atoms with Gasteiger partial charge in [-0.1, -0.05) is 17.8 Å². The van der Waals surface area contributed by atoms with Crippen molar-refractivity contribution in [2.24, 2.45) is 7.05 Å². The maximum atomic E-state index is 13.6. The number of carbonyl (C=O) groups excluding carboxylic acids is 1. The van der Waals surface area contributed by atoms with Gasteiger partial charge in [-0.15, -0.1) is 10.2 Å². The third-order valence-corrected chi connectivity index (χ3v) is 5.14. The molecule has 1 atom stereocenters. The standard InChI is InChI=1S/C20H20F2N4O3S/c1-12(29-15-6-4-5-14(10-15)28-3)19-24-25-20(26(19)2)30-11-18(27)23-17-9-13(21)7-8-16(17)22/h4-10,12H,11H2,1-3H3,(H,23,27). The second-order valence-corrected chi connectivity index (χ2v) is 7.24. The summed E-state index contributed by atoms with van der Waals surface area (Å²) in [7, 11) is 3.33. The number of rotatable bonds is 8. The molecule has 0 fully saturated rings. The van der Waals surface area contributed by atoms with Gasteiger partial charge in [0, 0.05) is 19.2 Å². The summed E-state index contributed by atoms with van der Waals surface area (Å²) in [4.78, 5) is 12.1. The molecule has 0 saturated carbocycles. The summed E-state index contributed by atoms with van der Waals surface area (Å²) in [6.45, 7) is 1.83. The Kier molecular flexibility index (Phi) is 6.88. The molecular formula is C20H20F2N4O3S. The first kappa shape index (κ1) is 21.6. The van der Waals surface area contributed by atoms with E-state index in [4.69, 9.17) is 9.47 Å².